The van der Waals surface area contributed by atoms with Gasteiger partial charge >= 0.3 is 5.97 Å². The minimum absolute atomic E-state index is 0.0267. The first-order valence-corrected chi connectivity index (χ1v) is 6.45. The zero-order valence-electron chi connectivity index (χ0n) is 11.1. The SMILES string of the molecule is CC[C@H](NC(=O)[C@H]1CC(=O)Nc2ccccc21)C(=O)O. The third-order valence-electron chi connectivity index (χ3n) is 3.34. The van der Waals surface area contributed by atoms with Crippen LogP contribution in [0.4, 0.5) is 5.69 Å². The lowest BCUT2D eigenvalue weighted by Crippen LogP contribution is -2.44. The van der Waals surface area contributed by atoms with Gasteiger partial charge in [0.25, 0.3) is 0 Å². The fourth-order valence-corrected chi connectivity index (χ4v) is 2.26. The second-order valence-corrected chi connectivity index (χ2v) is 4.70. The molecule has 0 unspecified atom stereocenters. The Hall–Kier alpha value is -2.37. The largest absolute Gasteiger partial charge is 0.480 e. The summed E-state index contributed by atoms with van der Waals surface area (Å²) in [5, 5.41) is 14.2. The normalized spacial score (nSPS) is 18.6. The Balaban J connectivity index is 2.22. The van der Waals surface area contributed by atoms with E-state index in [1.807, 2.05) is 0 Å². The number of carbonyl (C=O) groups excluding carboxylic acids is 2. The number of para-hydroxylation sites is 1. The Morgan fingerprint density at radius 3 is 2.80 bits per heavy atom. The van der Waals surface area contributed by atoms with Gasteiger partial charge < -0.3 is 15.7 Å². The molecule has 1 aliphatic heterocycles. The lowest BCUT2D eigenvalue weighted by atomic mass is 9.89. The van der Waals surface area contributed by atoms with Crippen LogP contribution in [-0.4, -0.2) is 28.9 Å². The van der Waals surface area contributed by atoms with E-state index in [1.165, 1.54) is 0 Å². The van der Waals surface area contributed by atoms with Crippen molar-refractivity contribution in [2.75, 3.05) is 5.32 Å². The molecule has 2 amide bonds. The van der Waals surface area contributed by atoms with E-state index < -0.39 is 23.8 Å². The monoisotopic (exact) mass is 276 g/mol. The van der Waals surface area contributed by atoms with Crippen molar-refractivity contribution in [3.8, 4) is 0 Å². The van der Waals surface area contributed by atoms with E-state index in [1.54, 1.807) is 31.2 Å². The van der Waals surface area contributed by atoms with Crippen molar-refractivity contribution in [1.82, 2.24) is 5.32 Å². The lowest BCUT2D eigenvalue weighted by Gasteiger charge is -2.25. The second kappa shape index (κ2) is 5.73. The highest BCUT2D eigenvalue weighted by Gasteiger charge is 2.32. The lowest BCUT2D eigenvalue weighted by molar-refractivity contribution is -0.142. The minimum Gasteiger partial charge on any atom is -0.480 e. The van der Waals surface area contributed by atoms with E-state index in [-0.39, 0.29) is 12.3 Å². The van der Waals surface area contributed by atoms with Crippen LogP contribution in [-0.2, 0) is 14.4 Å². The van der Waals surface area contributed by atoms with Gasteiger partial charge in [-0.3, -0.25) is 9.59 Å². The summed E-state index contributed by atoms with van der Waals surface area (Å²) in [6.07, 6.45) is 0.320. The van der Waals surface area contributed by atoms with Gasteiger partial charge in [-0.2, -0.15) is 0 Å². The Labute approximate surface area is 116 Å². The van der Waals surface area contributed by atoms with Crippen LogP contribution in [0.5, 0.6) is 0 Å². The van der Waals surface area contributed by atoms with Crippen molar-refractivity contribution in [2.45, 2.75) is 31.7 Å². The molecule has 0 aromatic heterocycles. The predicted octanol–water partition coefficient (Wildman–Crippen LogP) is 1.09. The Morgan fingerprint density at radius 1 is 1.45 bits per heavy atom. The van der Waals surface area contributed by atoms with Crippen molar-refractivity contribution < 1.29 is 19.5 Å². The van der Waals surface area contributed by atoms with Crippen LogP contribution in [0.2, 0.25) is 0 Å². The molecule has 0 saturated carbocycles. The quantitative estimate of drug-likeness (QED) is 0.767. The summed E-state index contributed by atoms with van der Waals surface area (Å²) in [5.41, 5.74) is 1.32. The molecule has 1 aromatic carbocycles. The number of rotatable bonds is 4. The highest BCUT2D eigenvalue weighted by atomic mass is 16.4. The molecule has 3 N–H and O–H groups in total. The summed E-state index contributed by atoms with van der Waals surface area (Å²) < 4.78 is 0. The van der Waals surface area contributed by atoms with Gasteiger partial charge in [-0.15, -0.1) is 0 Å². The molecule has 1 aromatic rings. The van der Waals surface area contributed by atoms with Crippen LogP contribution in [0.25, 0.3) is 0 Å². The zero-order chi connectivity index (χ0) is 14.7. The summed E-state index contributed by atoms with van der Waals surface area (Å²) in [7, 11) is 0. The molecule has 0 fully saturated rings. The number of benzene rings is 1. The molecule has 0 radical (unpaired) electrons. The van der Waals surface area contributed by atoms with E-state index in [0.717, 1.165) is 0 Å². The highest BCUT2D eigenvalue weighted by molar-refractivity contribution is 6.01. The first-order chi connectivity index (χ1) is 9.52. The average molecular weight is 276 g/mol. The number of aliphatic carboxylic acids is 1. The maximum atomic E-state index is 12.2. The van der Waals surface area contributed by atoms with Crippen molar-refractivity contribution >= 4 is 23.5 Å². The molecule has 1 heterocycles. The first-order valence-electron chi connectivity index (χ1n) is 6.45. The minimum atomic E-state index is -1.07. The van der Waals surface area contributed by atoms with Crippen LogP contribution in [0.15, 0.2) is 24.3 Å². The maximum Gasteiger partial charge on any atom is 0.326 e. The van der Waals surface area contributed by atoms with Crippen LogP contribution < -0.4 is 10.6 Å². The first kappa shape index (κ1) is 14.0. The van der Waals surface area contributed by atoms with Crippen molar-refractivity contribution in [2.24, 2.45) is 0 Å². The number of fused-ring (bicyclic) bond motifs is 1. The van der Waals surface area contributed by atoms with Gasteiger partial charge in [0.15, 0.2) is 0 Å². The van der Waals surface area contributed by atoms with Gasteiger partial charge in [0.05, 0.1) is 5.92 Å². The molecule has 2 atom stereocenters. The molecule has 6 heteroatoms. The van der Waals surface area contributed by atoms with Crippen LogP contribution in [0.3, 0.4) is 0 Å². The predicted molar refractivity (Wildman–Crippen MR) is 72.3 cm³/mol. The number of carbonyl (C=O) groups is 3. The van der Waals surface area contributed by atoms with E-state index in [4.69, 9.17) is 5.11 Å². The Morgan fingerprint density at radius 2 is 2.15 bits per heavy atom. The molecular weight excluding hydrogens is 260 g/mol. The van der Waals surface area contributed by atoms with E-state index in [0.29, 0.717) is 17.7 Å². The van der Waals surface area contributed by atoms with Crippen molar-refractivity contribution in [3.05, 3.63) is 29.8 Å². The molecule has 20 heavy (non-hydrogen) atoms. The van der Waals surface area contributed by atoms with Gasteiger partial charge in [0, 0.05) is 12.1 Å². The fourth-order valence-electron chi connectivity index (χ4n) is 2.26. The number of carboxylic acids is 1. The molecular formula is C14H16N2O4. The molecule has 6 nitrogen and oxygen atoms in total. The number of hydrogen-bond donors (Lipinski definition) is 3. The number of anilines is 1. The van der Waals surface area contributed by atoms with Gasteiger partial charge in [-0.1, -0.05) is 25.1 Å². The summed E-state index contributed by atoms with van der Waals surface area (Å²) in [5.74, 6) is -2.39. The van der Waals surface area contributed by atoms with Gasteiger partial charge in [0.1, 0.15) is 6.04 Å². The van der Waals surface area contributed by atoms with Crippen molar-refractivity contribution in [3.63, 3.8) is 0 Å². The highest BCUT2D eigenvalue weighted by Crippen LogP contribution is 2.32. The van der Waals surface area contributed by atoms with Crippen LogP contribution in [0.1, 0.15) is 31.2 Å². The summed E-state index contributed by atoms with van der Waals surface area (Å²) in [6, 6.07) is 6.11. The molecule has 1 aliphatic rings. The number of amides is 2. The second-order valence-electron chi connectivity index (χ2n) is 4.70. The van der Waals surface area contributed by atoms with E-state index in [2.05, 4.69) is 10.6 Å². The third-order valence-corrected chi connectivity index (χ3v) is 3.34. The van der Waals surface area contributed by atoms with Gasteiger partial charge in [-0.05, 0) is 18.1 Å². The smallest absolute Gasteiger partial charge is 0.326 e. The number of nitrogens with one attached hydrogen (secondary N) is 2. The van der Waals surface area contributed by atoms with Crippen LogP contribution >= 0.6 is 0 Å². The summed E-state index contributed by atoms with van der Waals surface area (Å²) >= 11 is 0. The molecule has 0 spiro atoms. The fraction of sp³-hybridized carbons (Fsp3) is 0.357. The zero-order valence-corrected chi connectivity index (χ0v) is 11.1. The topological polar surface area (TPSA) is 95.5 Å². The van der Waals surface area contributed by atoms with Gasteiger partial charge in [-0.25, -0.2) is 4.79 Å². The van der Waals surface area contributed by atoms with E-state index in [9.17, 15) is 14.4 Å². The van der Waals surface area contributed by atoms with Gasteiger partial charge in [0.2, 0.25) is 11.8 Å². The number of carboxylic acid groups (broad SMARTS) is 1. The maximum absolute atomic E-state index is 12.2. The number of hydrogen-bond acceptors (Lipinski definition) is 3. The van der Waals surface area contributed by atoms with Crippen LogP contribution in [0, 0.1) is 0 Å². The third kappa shape index (κ3) is 2.79. The average Bonchev–Trinajstić information content (AvgIpc) is 2.43. The molecule has 0 saturated heterocycles. The molecule has 0 bridgehead atoms. The van der Waals surface area contributed by atoms with E-state index >= 15 is 0 Å². The Kier molecular flexibility index (Phi) is 4.02. The molecule has 0 aliphatic carbocycles. The Bertz CT molecular complexity index is 556. The van der Waals surface area contributed by atoms with Crippen molar-refractivity contribution in [1.29, 1.82) is 0 Å². The summed E-state index contributed by atoms with van der Waals surface area (Å²) in [6.45, 7) is 1.68. The standard InChI is InChI=1S/C14H16N2O4/c1-2-10(14(19)20)16-13(18)9-7-12(17)15-11-6-4-3-5-8(9)11/h3-6,9-10H,2,7H2,1H3,(H,15,17)(H,16,18)(H,19,20)/t9-,10-/m0/s1. The summed E-state index contributed by atoms with van der Waals surface area (Å²) in [4.78, 5) is 34.8. The molecule has 2 rings (SSSR count). The molecule has 106 valence electrons.